The lowest BCUT2D eigenvalue weighted by molar-refractivity contribution is 0.0909. The van der Waals surface area contributed by atoms with Crippen LogP contribution in [0, 0.1) is 0 Å². The Balaban J connectivity index is 2.30. The summed E-state index contributed by atoms with van der Waals surface area (Å²) in [5.74, 6) is 0. The van der Waals surface area contributed by atoms with Crippen LogP contribution in [-0.4, -0.2) is 30.1 Å². The third-order valence-electron chi connectivity index (χ3n) is 4.36. The maximum absolute atomic E-state index is 6.13. The monoisotopic (exact) mass is 310 g/mol. The number of benzene rings is 1. The van der Waals surface area contributed by atoms with E-state index >= 15 is 0 Å². The van der Waals surface area contributed by atoms with Crippen LogP contribution in [0.1, 0.15) is 31.4 Å². The largest absolute Gasteiger partial charge is 0.329 e. The number of nitrogens with zero attached hydrogens (tertiary/aromatic N) is 1. The van der Waals surface area contributed by atoms with Crippen LogP contribution in [0.5, 0.6) is 0 Å². The van der Waals surface area contributed by atoms with Gasteiger partial charge in [-0.05, 0) is 55.6 Å². The van der Waals surface area contributed by atoms with Crippen molar-refractivity contribution in [2.24, 2.45) is 5.73 Å². The molecular formula is C15H23BrN2. The summed E-state index contributed by atoms with van der Waals surface area (Å²) in [4.78, 5) is 2.54. The third-order valence-corrected chi connectivity index (χ3v) is 4.85. The molecule has 2 rings (SSSR count). The maximum atomic E-state index is 6.13. The predicted octanol–water partition coefficient (Wildman–Crippen LogP) is 2.98. The van der Waals surface area contributed by atoms with Crippen molar-refractivity contribution in [1.82, 2.24) is 4.90 Å². The Morgan fingerprint density at radius 2 is 2.00 bits per heavy atom. The number of hydrogen-bond donors (Lipinski definition) is 1. The summed E-state index contributed by atoms with van der Waals surface area (Å²) in [5, 5.41) is 0. The second-order valence-electron chi connectivity index (χ2n) is 5.19. The molecule has 1 atom stereocenters. The van der Waals surface area contributed by atoms with Crippen molar-refractivity contribution in [3.05, 3.63) is 33.8 Å². The van der Waals surface area contributed by atoms with Crippen molar-refractivity contribution >= 4 is 15.9 Å². The zero-order chi connectivity index (χ0) is 13.2. The van der Waals surface area contributed by atoms with E-state index in [0.29, 0.717) is 0 Å². The van der Waals surface area contributed by atoms with Crippen molar-refractivity contribution in [3.8, 4) is 0 Å². The maximum Gasteiger partial charge on any atom is 0.0374 e. The molecule has 0 fully saturated rings. The van der Waals surface area contributed by atoms with E-state index in [-0.39, 0.29) is 5.54 Å². The van der Waals surface area contributed by atoms with E-state index in [1.54, 1.807) is 0 Å². The second kappa shape index (κ2) is 5.72. The highest BCUT2D eigenvalue weighted by atomic mass is 79.9. The normalized spacial score (nSPS) is 23.2. The van der Waals surface area contributed by atoms with Crippen molar-refractivity contribution in [2.45, 2.75) is 38.6 Å². The molecule has 100 valence electrons. The Morgan fingerprint density at radius 3 is 2.61 bits per heavy atom. The Kier molecular flexibility index (Phi) is 4.46. The number of aryl methyl sites for hydroxylation is 1. The summed E-state index contributed by atoms with van der Waals surface area (Å²) in [5.41, 5.74) is 9.26. The molecule has 1 unspecified atom stereocenters. The topological polar surface area (TPSA) is 29.3 Å². The predicted molar refractivity (Wildman–Crippen MR) is 80.9 cm³/mol. The van der Waals surface area contributed by atoms with Crippen LogP contribution in [0.2, 0.25) is 0 Å². The first-order chi connectivity index (χ1) is 8.65. The minimum Gasteiger partial charge on any atom is -0.329 e. The summed E-state index contributed by atoms with van der Waals surface area (Å²) >= 11 is 3.56. The molecule has 2 N–H and O–H groups in total. The van der Waals surface area contributed by atoms with E-state index in [4.69, 9.17) is 5.73 Å². The summed E-state index contributed by atoms with van der Waals surface area (Å²) in [6.45, 7) is 7.39. The molecule has 3 heteroatoms. The van der Waals surface area contributed by atoms with E-state index in [9.17, 15) is 0 Å². The van der Waals surface area contributed by atoms with Gasteiger partial charge in [-0.1, -0.05) is 35.8 Å². The van der Waals surface area contributed by atoms with Gasteiger partial charge in [-0.2, -0.15) is 0 Å². The lowest BCUT2D eigenvalue weighted by atomic mass is 9.76. The molecule has 0 bridgehead atoms. The summed E-state index contributed by atoms with van der Waals surface area (Å²) < 4.78 is 1.18. The van der Waals surface area contributed by atoms with Crippen molar-refractivity contribution in [3.63, 3.8) is 0 Å². The fourth-order valence-corrected chi connectivity index (χ4v) is 3.69. The summed E-state index contributed by atoms with van der Waals surface area (Å²) in [6, 6.07) is 6.66. The zero-order valence-electron chi connectivity index (χ0n) is 11.4. The van der Waals surface area contributed by atoms with Gasteiger partial charge in [-0.25, -0.2) is 0 Å². The Bertz CT molecular complexity index is 415. The molecule has 18 heavy (non-hydrogen) atoms. The first-order valence-electron chi connectivity index (χ1n) is 6.87. The molecule has 0 radical (unpaired) electrons. The zero-order valence-corrected chi connectivity index (χ0v) is 13.0. The minimum absolute atomic E-state index is 0.171. The molecule has 1 aliphatic carbocycles. The first kappa shape index (κ1) is 14.0. The number of fused-ring (bicyclic) bond motifs is 1. The van der Waals surface area contributed by atoms with Gasteiger partial charge in [-0.3, -0.25) is 4.90 Å². The van der Waals surface area contributed by atoms with E-state index in [1.165, 1.54) is 22.0 Å². The van der Waals surface area contributed by atoms with Crippen molar-refractivity contribution in [1.29, 1.82) is 0 Å². The fourth-order valence-electron chi connectivity index (χ4n) is 3.28. The van der Waals surface area contributed by atoms with Crippen molar-refractivity contribution in [2.75, 3.05) is 19.6 Å². The Morgan fingerprint density at radius 1 is 1.28 bits per heavy atom. The van der Waals surface area contributed by atoms with Crippen LogP contribution in [0.4, 0.5) is 0 Å². The molecular weight excluding hydrogens is 288 g/mol. The van der Waals surface area contributed by atoms with Gasteiger partial charge < -0.3 is 5.73 Å². The fraction of sp³-hybridized carbons (Fsp3) is 0.600. The highest BCUT2D eigenvalue weighted by Gasteiger charge is 2.37. The van der Waals surface area contributed by atoms with Crippen LogP contribution in [0.15, 0.2) is 22.7 Å². The third kappa shape index (κ3) is 2.49. The molecule has 0 heterocycles. The molecule has 0 aromatic heterocycles. The molecule has 1 aromatic rings. The molecule has 2 nitrogen and oxygen atoms in total. The van der Waals surface area contributed by atoms with Crippen LogP contribution in [0.3, 0.4) is 0 Å². The number of likely N-dealkylation sites (N-methyl/N-ethyl adjacent to an activating group) is 1. The molecule has 0 spiro atoms. The van der Waals surface area contributed by atoms with Gasteiger partial charge in [0.15, 0.2) is 0 Å². The van der Waals surface area contributed by atoms with Crippen LogP contribution in [0.25, 0.3) is 0 Å². The van der Waals surface area contributed by atoms with Gasteiger partial charge in [-0.15, -0.1) is 0 Å². The highest BCUT2D eigenvalue weighted by Crippen LogP contribution is 2.33. The molecule has 0 saturated carbocycles. The Hall–Kier alpha value is -0.380. The van der Waals surface area contributed by atoms with Gasteiger partial charge >= 0.3 is 0 Å². The average Bonchev–Trinajstić information content (AvgIpc) is 2.40. The van der Waals surface area contributed by atoms with Gasteiger partial charge in [0, 0.05) is 16.6 Å². The number of nitrogens with two attached hydrogens (primary N) is 1. The lowest BCUT2D eigenvalue weighted by Gasteiger charge is -2.46. The van der Waals surface area contributed by atoms with E-state index < -0.39 is 0 Å². The summed E-state index contributed by atoms with van der Waals surface area (Å²) in [7, 11) is 0. The first-order valence-corrected chi connectivity index (χ1v) is 7.67. The standard InChI is InChI=1S/C15H23BrN2/c1-3-18(4-2)15(11-17)8-7-12-9-14(16)6-5-13(12)10-15/h5-6,9H,3-4,7-8,10-11,17H2,1-2H3. The van der Waals surface area contributed by atoms with Gasteiger partial charge in [0.1, 0.15) is 0 Å². The van der Waals surface area contributed by atoms with Crippen LogP contribution >= 0.6 is 15.9 Å². The van der Waals surface area contributed by atoms with E-state index in [2.05, 4.69) is 52.9 Å². The summed E-state index contributed by atoms with van der Waals surface area (Å²) in [6.07, 6.45) is 3.41. The molecule has 1 aromatic carbocycles. The van der Waals surface area contributed by atoms with Gasteiger partial charge in [0.25, 0.3) is 0 Å². The molecule has 1 aliphatic rings. The smallest absolute Gasteiger partial charge is 0.0374 e. The van der Waals surface area contributed by atoms with Crippen molar-refractivity contribution < 1.29 is 0 Å². The Labute approximate surface area is 119 Å². The van der Waals surface area contributed by atoms with E-state index in [0.717, 1.165) is 32.5 Å². The molecule has 0 aliphatic heterocycles. The van der Waals surface area contributed by atoms with E-state index in [1.807, 2.05) is 0 Å². The lowest BCUT2D eigenvalue weighted by Crippen LogP contribution is -2.57. The second-order valence-corrected chi connectivity index (χ2v) is 6.11. The van der Waals surface area contributed by atoms with Crippen LogP contribution < -0.4 is 5.73 Å². The quantitative estimate of drug-likeness (QED) is 0.926. The van der Waals surface area contributed by atoms with Crippen LogP contribution in [-0.2, 0) is 12.8 Å². The SMILES string of the molecule is CCN(CC)C1(CN)CCc2cc(Br)ccc2C1. The molecule has 0 saturated heterocycles. The highest BCUT2D eigenvalue weighted by molar-refractivity contribution is 9.10. The number of hydrogen-bond acceptors (Lipinski definition) is 2. The number of halogens is 1. The minimum atomic E-state index is 0.171. The van der Waals surface area contributed by atoms with Gasteiger partial charge in [0.2, 0.25) is 0 Å². The average molecular weight is 311 g/mol. The van der Waals surface area contributed by atoms with Gasteiger partial charge in [0.05, 0.1) is 0 Å². The molecule has 0 amide bonds. The number of rotatable bonds is 4.